The summed E-state index contributed by atoms with van der Waals surface area (Å²) in [5.41, 5.74) is 0. The van der Waals surface area contributed by atoms with Gasteiger partial charge in [-0.25, -0.2) is 4.79 Å². The van der Waals surface area contributed by atoms with E-state index in [9.17, 15) is 24.9 Å². The zero-order valence-electron chi connectivity index (χ0n) is 12.1. The van der Waals surface area contributed by atoms with Crippen LogP contribution in [0.3, 0.4) is 0 Å². The van der Waals surface area contributed by atoms with Gasteiger partial charge in [-0.2, -0.15) is 0 Å². The van der Waals surface area contributed by atoms with Crippen molar-refractivity contribution >= 4 is 11.9 Å². The molecule has 1 aliphatic heterocycles. The zero-order chi connectivity index (χ0) is 16.0. The minimum Gasteiger partial charge on any atom is -0.462 e. The summed E-state index contributed by atoms with van der Waals surface area (Å²) in [7, 11) is 0. The number of cyclic esters (lactones) is 1. The van der Waals surface area contributed by atoms with E-state index >= 15 is 0 Å². The van der Waals surface area contributed by atoms with Crippen LogP contribution in [-0.2, 0) is 19.1 Å². The van der Waals surface area contributed by atoms with Crippen LogP contribution in [0, 0.1) is 0 Å². The Morgan fingerprint density at radius 1 is 1.48 bits per heavy atom. The van der Waals surface area contributed by atoms with Gasteiger partial charge in [0, 0.05) is 25.8 Å². The van der Waals surface area contributed by atoms with Crippen LogP contribution in [0.25, 0.3) is 0 Å². The van der Waals surface area contributed by atoms with Crippen LogP contribution in [0.5, 0.6) is 0 Å². The highest BCUT2D eigenvalue weighted by Crippen LogP contribution is 2.19. The molecule has 0 aromatic rings. The van der Waals surface area contributed by atoms with Gasteiger partial charge in [0.15, 0.2) is 0 Å². The summed E-state index contributed by atoms with van der Waals surface area (Å²) in [5.74, 6) is -1.08. The van der Waals surface area contributed by atoms with Crippen LogP contribution >= 0.6 is 0 Å². The molecular weight excluding hydrogens is 280 g/mol. The van der Waals surface area contributed by atoms with Gasteiger partial charge in [-0.05, 0) is 6.42 Å². The van der Waals surface area contributed by atoms with Crippen molar-refractivity contribution in [3.8, 4) is 0 Å². The highest BCUT2D eigenvalue weighted by atomic mass is 16.6. The third-order valence-corrected chi connectivity index (χ3v) is 3.31. The molecule has 3 N–H and O–H groups in total. The Bertz CT molecular complexity index is 393. The largest absolute Gasteiger partial charge is 0.462 e. The van der Waals surface area contributed by atoms with E-state index in [1.165, 1.54) is 19.1 Å². The monoisotopic (exact) mass is 302 g/mol. The molecule has 7 heteroatoms. The fourth-order valence-corrected chi connectivity index (χ4v) is 2.13. The summed E-state index contributed by atoms with van der Waals surface area (Å²) >= 11 is 0. The highest BCUT2D eigenvalue weighted by Gasteiger charge is 2.35. The molecule has 21 heavy (non-hydrogen) atoms. The number of carbonyl (C=O) groups is 2. The molecular formula is C14H22O7. The molecule has 0 bridgehead atoms. The number of carbonyl (C=O) groups excluding carboxylic acids is 2. The van der Waals surface area contributed by atoms with Gasteiger partial charge in [-0.1, -0.05) is 13.0 Å². The summed E-state index contributed by atoms with van der Waals surface area (Å²) in [6.07, 6.45) is -2.17. The molecule has 0 aromatic carbocycles. The maximum absolute atomic E-state index is 11.1. The lowest BCUT2D eigenvalue weighted by atomic mass is 9.96. The first-order valence-corrected chi connectivity index (χ1v) is 6.93. The van der Waals surface area contributed by atoms with Gasteiger partial charge in [0.05, 0.1) is 6.10 Å². The molecule has 1 rings (SSSR count). The zero-order valence-corrected chi connectivity index (χ0v) is 12.1. The Morgan fingerprint density at radius 3 is 2.67 bits per heavy atom. The van der Waals surface area contributed by atoms with Crippen LogP contribution in [0.15, 0.2) is 12.2 Å². The normalized spacial score (nSPS) is 23.9. The topological polar surface area (TPSA) is 113 Å². The lowest BCUT2D eigenvalue weighted by molar-refractivity contribution is -0.164. The summed E-state index contributed by atoms with van der Waals surface area (Å²) < 4.78 is 9.86. The van der Waals surface area contributed by atoms with Crippen LogP contribution < -0.4 is 0 Å². The third kappa shape index (κ3) is 5.45. The van der Waals surface area contributed by atoms with Crippen LogP contribution in [0.1, 0.15) is 33.1 Å². The lowest BCUT2D eigenvalue weighted by Gasteiger charge is -2.30. The minimum atomic E-state index is -1.50. The van der Waals surface area contributed by atoms with Crippen molar-refractivity contribution in [1.82, 2.24) is 0 Å². The van der Waals surface area contributed by atoms with Gasteiger partial charge in [-0.15, -0.1) is 0 Å². The van der Waals surface area contributed by atoms with Gasteiger partial charge >= 0.3 is 11.9 Å². The first kappa shape index (κ1) is 17.6. The van der Waals surface area contributed by atoms with Crippen molar-refractivity contribution in [3.05, 3.63) is 12.2 Å². The summed E-state index contributed by atoms with van der Waals surface area (Å²) in [4.78, 5) is 22.0. The Kier molecular flexibility index (Phi) is 6.80. The maximum atomic E-state index is 11.1. The molecule has 1 aliphatic rings. The molecule has 0 saturated heterocycles. The standard InChI is InChI=1S/C14H22O7/c1-3-9(20-8(2)15)7-10(16)13(18)14(19)11-5-4-6-12(17)21-11/h4,6,9-11,13-14,16,18-19H,3,5,7H2,1-2H3/t9-,10-,11+,13+,14-/m0/s1. The van der Waals surface area contributed by atoms with E-state index in [0.29, 0.717) is 6.42 Å². The van der Waals surface area contributed by atoms with E-state index in [1.807, 2.05) is 0 Å². The average Bonchev–Trinajstić information content (AvgIpc) is 2.44. The number of hydrogen-bond acceptors (Lipinski definition) is 7. The number of ether oxygens (including phenoxy) is 2. The molecule has 120 valence electrons. The van der Waals surface area contributed by atoms with Crippen molar-refractivity contribution < 1.29 is 34.4 Å². The Balaban J connectivity index is 2.55. The molecule has 0 saturated carbocycles. The summed E-state index contributed by atoms with van der Waals surface area (Å²) in [6.45, 7) is 3.03. The number of rotatable bonds is 7. The molecule has 0 spiro atoms. The van der Waals surface area contributed by atoms with Gasteiger partial charge < -0.3 is 24.8 Å². The SMILES string of the molecule is CC[C@@H](C[C@H](O)[C@@H](O)[C@@H](O)[C@H]1CC=CC(=O)O1)OC(C)=O. The van der Waals surface area contributed by atoms with Crippen molar-refractivity contribution in [2.75, 3.05) is 0 Å². The Hall–Kier alpha value is -1.44. The van der Waals surface area contributed by atoms with Crippen molar-refractivity contribution in [2.24, 2.45) is 0 Å². The van der Waals surface area contributed by atoms with Crippen molar-refractivity contribution in [1.29, 1.82) is 0 Å². The molecule has 7 nitrogen and oxygen atoms in total. The maximum Gasteiger partial charge on any atom is 0.330 e. The first-order valence-electron chi connectivity index (χ1n) is 6.93. The highest BCUT2D eigenvalue weighted by molar-refractivity contribution is 5.82. The quantitative estimate of drug-likeness (QED) is 0.552. The molecule has 0 amide bonds. The van der Waals surface area contributed by atoms with Crippen LogP contribution in [-0.4, -0.2) is 57.8 Å². The average molecular weight is 302 g/mol. The number of esters is 2. The predicted octanol–water partition coefficient (Wildman–Crippen LogP) is -0.327. The van der Waals surface area contributed by atoms with E-state index in [0.717, 1.165) is 0 Å². The fourth-order valence-electron chi connectivity index (χ4n) is 2.13. The van der Waals surface area contributed by atoms with Gasteiger partial charge in [0.25, 0.3) is 0 Å². The van der Waals surface area contributed by atoms with Gasteiger partial charge in [0.1, 0.15) is 24.4 Å². The van der Waals surface area contributed by atoms with E-state index < -0.39 is 42.5 Å². The Morgan fingerprint density at radius 2 is 2.14 bits per heavy atom. The second-order valence-corrected chi connectivity index (χ2v) is 5.04. The molecule has 0 fully saturated rings. The molecule has 0 unspecified atom stereocenters. The molecule has 0 radical (unpaired) electrons. The number of aliphatic hydroxyl groups is 3. The molecule has 0 aromatic heterocycles. The number of hydrogen-bond donors (Lipinski definition) is 3. The van der Waals surface area contributed by atoms with E-state index in [-0.39, 0.29) is 12.8 Å². The second kappa shape index (κ2) is 8.11. The Labute approximate surface area is 123 Å². The van der Waals surface area contributed by atoms with Gasteiger partial charge in [-0.3, -0.25) is 4.79 Å². The molecule has 5 atom stereocenters. The summed E-state index contributed by atoms with van der Waals surface area (Å²) in [6, 6.07) is 0. The smallest absolute Gasteiger partial charge is 0.330 e. The third-order valence-electron chi connectivity index (χ3n) is 3.31. The molecule has 0 aliphatic carbocycles. The minimum absolute atomic E-state index is 0.00911. The predicted molar refractivity (Wildman–Crippen MR) is 72.1 cm³/mol. The van der Waals surface area contributed by atoms with E-state index in [1.54, 1.807) is 6.92 Å². The first-order chi connectivity index (χ1) is 9.85. The van der Waals surface area contributed by atoms with Crippen LogP contribution in [0.2, 0.25) is 0 Å². The van der Waals surface area contributed by atoms with E-state index in [2.05, 4.69) is 0 Å². The summed E-state index contributed by atoms with van der Waals surface area (Å²) in [5, 5.41) is 29.9. The van der Waals surface area contributed by atoms with Gasteiger partial charge in [0.2, 0.25) is 0 Å². The van der Waals surface area contributed by atoms with Crippen LogP contribution in [0.4, 0.5) is 0 Å². The van der Waals surface area contributed by atoms with Crippen molar-refractivity contribution in [3.63, 3.8) is 0 Å². The fraction of sp³-hybridized carbons (Fsp3) is 0.714. The van der Waals surface area contributed by atoms with E-state index in [4.69, 9.17) is 9.47 Å². The number of aliphatic hydroxyl groups excluding tert-OH is 3. The second-order valence-electron chi connectivity index (χ2n) is 5.04. The van der Waals surface area contributed by atoms with Crippen molar-refractivity contribution in [2.45, 2.75) is 63.6 Å². The lowest BCUT2D eigenvalue weighted by Crippen LogP contribution is -2.47. The molecule has 1 heterocycles.